The number of fused-ring (bicyclic) bond motifs is 1. The van der Waals surface area contributed by atoms with Crippen LogP contribution >= 0.6 is 11.3 Å². The van der Waals surface area contributed by atoms with Gasteiger partial charge in [0, 0.05) is 30.3 Å². The maximum absolute atomic E-state index is 12.9. The van der Waals surface area contributed by atoms with Crippen molar-refractivity contribution in [1.29, 1.82) is 0 Å². The van der Waals surface area contributed by atoms with Gasteiger partial charge in [-0.15, -0.1) is 11.3 Å². The predicted octanol–water partition coefficient (Wildman–Crippen LogP) is 4.24. The predicted molar refractivity (Wildman–Crippen MR) is 133 cm³/mol. The van der Waals surface area contributed by atoms with E-state index in [0.29, 0.717) is 11.1 Å². The second-order valence-corrected chi connectivity index (χ2v) is 11.3. The number of hydrogen-bond acceptors (Lipinski definition) is 6. The summed E-state index contributed by atoms with van der Waals surface area (Å²) in [7, 11) is -3.94. The first-order valence-corrected chi connectivity index (χ1v) is 13.5. The second-order valence-electron chi connectivity index (χ2n) is 8.77. The van der Waals surface area contributed by atoms with Crippen LogP contribution in [0.3, 0.4) is 0 Å². The lowest BCUT2D eigenvalue weighted by molar-refractivity contribution is -0.132. The highest BCUT2D eigenvalue weighted by Crippen LogP contribution is 2.31. The van der Waals surface area contributed by atoms with E-state index in [9.17, 15) is 27.1 Å². The minimum Gasteiger partial charge on any atom is -0.390 e. The van der Waals surface area contributed by atoms with E-state index in [4.69, 9.17) is 0 Å². The minimum atomic E-state index is -3.94. The summed E-state index contributed by atoms with van der Waals surface area (Å²) < 4.78 is 54.8. The molecule has 1 fully saturated rings. The lowest BCUT2D eigenvalue weighted by Gasteiger charge is -2.39. The number of carbonyl (C=O) groups is 1. The number of thiazole rings is 1. The number of hydrogen-bond donors (Lipinski definition) is 2. The molecule has 0 saturated carbocycles. The summed E-state index contributed by atoms with van der Waals surface area (Å²) >= 11 is 1.34. The molecule has 1 saturated heterocycles. The number of para-hydroxylation sites is 1. The van der Waals surface area contributed by atoms with Crippen molar-refractivity contribution in [3.05, 3.63) is 59.8 Å². The van der Waals surface area contributed by atoms with E-state index >= 15 is 0 Å². The van der Waals surface area contributed by atoms with Crippen molar-refractivity contribution in [2.24, 2.45) is 5.92 Å². The van der Waals surface area contributed by atoms with Gasteiger partial charge in [0.25, 0.3) is 10.0 Å². The van der Waals surface area contributed by atoms with Gasteiger partial charge >= 0.3 is 0 Å². The van der Waals surface area contributed by atoms with Gasteiger partial charge in [-0.25, -0.2) is 22.2 Å². The largest absolute Gasteiger partial charge is 0.390 e. The van der Waals surface area contributed by atoms with Crippen molar-refractivity contribution < 1.29 is 27.1 Å². The summed E-state index contributed by atoms with van der Waals surface area (Å²) in [5.74, 6) is -1.19. The first kappa shape index (κ1) is 27.0. The van der Waals surface area contributed by atoms with Crippen molar-refractivity contribution in [2.75, 3.05) is 13.1 Å². The number of nitrogens with zero attached hydrogens (tertiary/aromatic N) is 2. The van der Waals surface area contributed by atoms with Crippen molar-refractivity contribution in [3.63, 3.8) is 0 Å². The number of alkyl halides is 2. The van der Waals surface area contributed by atoms with Crippen LogP contribution in [0.15, 0.2) is 64.7 Å². The van der Waals surface area contributed by atoms with Crippen LogP contribution in [0.5, 0.6) is 0 Å². The van der Waals surface area contributed by atoms with Gasteiger partial charge in [-0.2, -0.15) is 0 Å². The zero-order valence-corrected chi connectivity index (χ0v) is 21.2. The summed E-state index contributed by atoms with van der Waals surface area (Å²) in [5, 5.41) is 10.6. The third-order valence-corrected chi connectivity index (χ3v) is 8.26. The Morgan fingerprint density at radius 1 is 1.34 bits per heavy atom. The molecule has 1 unspecified atom stereocenters. The molecule has 1 aliphatic heterocycles. The summed E-state index contributed by atoms with van der Waals surface area (Å²) in [5.41, 5.74) is 1.28. The monoisotopic (exact) mass is 525 g/mol. The summed E-state index contributed by atoms with van der Waals surface area (Å²) in [6, 6.07) is 4.90. The Labute approximate surface area is 207 Å². The van der Waals surface area contributed by atoms with Crippen LogP contribution in [0.25, 0.3) is 10.2 Å². The van der Waals surface area contributed by atoms with E-state index in [1.807, 2.05) is 0 Å². The Hall–Kier alpha value is -2.63. The molecule has 2 aromatic rings. The number of aromatic nitrogens is 1. The Kier molecular flexibility index (Phi) is 8.45. The molecule has 1 aromatic carbocycles. The molecule has 3 rings (SSSR count). The van der Waals surface area contributed by atoms with Crippen LogP contribution in [0.1, 0.15) is 33.1 Å². The minimum absolute atomic E-state index is 0.0122. The number of carbonyl (C=O) groups excluding carboxylic acids is 1. The van der Waals surface area contributed by atoms with Gasteiger partial charge in [0.2, 0.25) is 12.3 Å². The fraction of sp³-hybridized carbons (Fsp3) is 0.417. The molecule has 1 atom stereocenters. The van der Waals surface area contributed by atoms with E-state index in [2.05, 4.69) is 16.3 Å². The quantitative estimate of drug-likeness (QED) is 0.377. The Balaban J connectivity index is 1.67. The normalized spacial score (nSPS) is 18.1. The molecule has 0 spiro atoms. The highest BCUT2D eigenvalue weighted by atomic mass is 32.2. The van der Waals surface area contributed by atoms with E-state index in [1.165, 1.54) is 42.6 Å². The second kappa shape index (κ2) is 11.0. The summed E-state index contributed by atoms with van der Waals surface area (Å²) in [4.78, 5) is 18.6. The van der Waals surface area contributed by atoms with Gasteiger partial charge in [-0.05, 0) is 50.5 Å². The number of rotatable bonds is 9. The molecule has 7 nitrogen and oxygen atoms in total. The highest BCUT2D eigenvalue weighted by Gasteiger charge is 2.37. The molecule has 2 heterocycles. The van der Waals surface area contributed by atoms with Gasteiger partial charge in [-0.3, -0.25) is 9.52 Å². The number of allylic oxidation sites excluding steroid dienone is 3. The number of piperidine rings is 1. The van der Waals surface area contributed by atoms with Gasteiger partial charge in [0.05, 0.1) is 15.8 Å². The zero-order chi connectivity index (χ0) is 25.8. The number of likely N-dealkylation sites (tertiary alicyclic amines) is 1. The number of halogens is 2. The third-order valence-electron chi connectivity index (χ3n) is 6.05. The Morgan fingerprint density at radius 3 is 2.66 bits per heavy atom. The maximum atomic E-state index is 12.9. The Morgan fingerprint density at radius 2 is 2.03 bits per heavy atom. The van der Waals surface area contributed by atoms with E-state index in [-0.39, 0.29) is 48.9 Å². The summed E-state index contributed by atoms with van der Waals surface area (Å²) in [6.45, 7) is 7.14. The molecule has 35 heavy (non-hydrogen) atoms. The molecule has 190 valence electrons. The van der Waals surface area contributed by atoms with Crippen LogP contribution < -0.4 is 4.72 Å². The molecular formula is C24H29F2N3O4S2. The third kappa shape index (κ3) is 6.53. The lowest BCUT2D eigenvalue weighted by Crippen LogP contribution is -2.47. The SMILES string of the molecule is C=CC(=CC=C(C)C(=O)N1CCC(O)(CC(C)C(F)F)CC1)NS(=O)(=O)c1cccc2scnc12. The number of sulfonamides is 1. The number of benzene rings is 1. The smallest absolute Gasteiger partial charge is 0.264 e. The summed E-state index contributed by atoms with van der Waals surface area (Å²) in [6.07, 6.45) is 2.20. The number of amides is 1. The molecule has 2 N–H and O–H groups in total. The lowest BCUT2D eigenvalue weighted by atomic mass is 9.83. The fourth-order valence-electron chi connectivity index (χ4n) is 3.99. The molecule has 1 aliphatic rings. The molecule has 0 aliphatic carbocycles. The molecule has 1 aromatic heterocycles. The number of aliphatic hydroxyl groups is 1. The topological polar surface area (TPSA) is 99.6 Å². The molecule has 0 bridgehead atoms. The number of nitrogens with one attached hydrogen (secondary N) is 1. The van der Waals surface area contributed by atoms with E-state index in [0.717, 1.165) is 4.70 Å². The Bertz CT molecular complexity index is 1250. The van der Waals surface area contributed by atoms with Gasteiger partial charge in [0.1, 0.15) is 10.4 Å². The van der Waals surface area contributed by atoms with Crippen molar-refractivity contribution in [1.82, 2.24) is 14.6 Å². The van der Waals surface area contributed by atoms with Crippen molar-refractivity contribution in [2.45, 2.75) is 50.0 Å². The maximum Gasteiger partial charge on any atom is 0.264 e. The first-order valence-electron chi connectivity index (χ1n) is 11.1. The van der Waals surface area contributed by atoms with Gasteiger partial charge < -0.3 is 10.0 Å². The van der Waals surface area contributed by atoms with Crippen molar-refractivity contribution in [3.8, 4) is 0 Å². The average molecular weight is 526 g/mol. The van der Waals surface area contributed by atoms with Crippen molar-refractivity contribution >= 4 is 37.5 Å². The fourth-order valence-corrected chi connectivity index (χ4v) is 6.00. The first-order chi connectivity index (χ1) is 16.5. The van der Waals surface area contributed by atoms with Gasteiger partial charge in [0.15, 0.2) is 0 Å². The van der Waals surface area contributed by atoms with Crippen LogP contribution in [0, 0.1) is 5.92 Å². The zero-order valence-electron chi connectivity index (χ0n) is 19.6. The van der Waals surface area contributed by atoms with Crippen LogP contribution in [-0.4, -0.2) is 54.4 Å². The molecule has 0 radical (unpaired) electrons. The molecule has 1 amide bonds. The van der Waals surface area contributed by atoms with E-state index in [1.54, 1.807) is 29.5 Å². The standard InChI is InChI=1S/C24H29F2N3O4S2/c1-4-18(28-35(32,33)20-7-5-6-19-21(20)27-15-34-19)9-8-16(2)23(30)29-12-10-24(31,11-13-29)14-17(3)22(25)26/h4-9,15,17,22,28,31H,1,10-14H2,2-3H3. The van der Waals surface area contributed by atoms with Crippen LogP contribution in [-0.2, 0) is 14.8 Å². The molecule has 11 heteroatoms. The van der Waals surface area contributed by atoms with Gasteiger partial charge in [-0.1, -0.05) is 25.6 Å². The average Bonchev–Trinajstić information content (AvgIpc) is 3.30. The molecular weight excluding hydrogens is 496 g/mol. The highest BCUT2D eigenvalue weighted by molar-refractivity contribution is 7.89. The van der Waals surface area contributed by atoms with E-state index < -0.39 is 28.0 Å². The van der Waals surface area contributed by atoms with Crippen LogP contribution in [0.2, 0.25) is 0 Å². The van der Waals surface area contributed by atoms with Crippen LogP contribution in [0.4, 0.5) is 8.78 Å².